The Morgan fingerprint density at radius 2 is 1.61 bits per heavy atom. The second kappa shape index (κ2) is 8.07. The summed E-state index contributed by atoms with van der Waals surface area (Å²) in [5.41, 5.74) is 2.15. The lowest BCUT2D eigenvalue weighted by Gasteiger charge is -2.01. The van der Waals surface area contributed by atoms with Crippen molar-refractivity contribution in [3.63, 3.8) is 0 Å². The summed E-state index contributed by atoms with van der Waals surface area (Å²) < 4.78 is 0. The van der Waals surface area contributed by atoms with Crippen LogP contribution in [0.5, 0.6) is 0 Å². The van der Waals surface area contributed by atoms with Crippen molar-refractivity contribution in [2.24, 2.45) is 0 Å². The van der Waals surface area contributed by atoms with E-state index in [0.717, 1.165) is 0 Å². The number of allylic oxidation sites excluding steroid dienone is 1. The van der Waals surface area contributed by atoms with Gasteiger partial charge in [-0.05, 0) is 24.3 Å². The topological polar surface area (TPSA) is 135 Å². The summed E-state index contributed by atoms with van der Waals surface area (Å²) >= 11 is 1.26. The molecule has 0 radical (unpaired) electrons. The summed E-state index contributed by atoms with van der Waals surface area (Å²) in [6.45, 7) is 0. The molecule has 0 spiro atoms. The molecule has 0 aliphatic heterocycles. The number of nitro benzene ring substituents is 2. The third-order valence-corrected chi connectivity index (χ3v) is 4.57. The fourth-order valence-corrected chi connectivity index (χ4v) is 3.06. The molecule has 0 fully saturated rings. The number of nitrogens with zero attached hydrogens (tertiary/aromatic N) is 4. The molecule has 0 aliphatic rings. The molecule has 2 aromatic carbocycles. The van der Waals surface area contributed by atoms with Gasteiger partial charge in [-0.3, -0.25) is 20.2 Å². The molecule has 1 aromatic heterocycles. The average Bonchev–Trinajstić information content (AvgIpc) is 3.19. The molecule has 3 rings (SSSR count). The lowest BCUT2D eigenvalue weighted by atomic mass is 10.1. The minimum Gasteiger partial charge on any atom is -0.360 e. The monoisotopic (exact) mass is 393 g/mol. The molecule has 0 atom stereocenters. The maximum atomic E-state index is 10.7. The predicted octanol–water partition coefficient (Wildman–Crippen LogP) is 4.60. The Kier molecular flexibility index (Phi) is 5.38. The number of nitro groups is 2. The van der Waals surface area contributed by atoms with Crippen molar-refractivity contribution in [2.75, 3.05) is 5.32 Å². The number of hydrogen-bond donors (Lipinski definition) is 1. The lowest BCUT2D eigenvalue weighted by molar-refractivity contribution is -0.385. The van der Waals surface area contributed by atoms with Crippen molar-refractivity contribution in [2.45, 2.75) is 0 Å². The molecule has 0 amide bonds. The summed E-state index contributed by atoms with van der Waals surface area (Å²) in [5.74, 6) is 0. The third-order valence-electron chi connectivity index (χ3n) is 3.69. The quantitative estimate of drug-likeness (QED) is 0.367. The van der Waals surface area contributed by atoms with Crippen molar-refractivity contribution in [3.05, 3.63) is 85.3 Å². The average molecular weight is 393 g/mol. The number of benzene rings is 2. The fourth-order valence-electron chi connectivity index (χ4n) is 2.26. The van der Waals surface area contributed by atoms with Gasteiger partial charge in [-0.15, -0.1) is 11.3 Å². The molecule has 0 aliphatic carbocycles. The smallest absolute Gasteiger partial charge is 0.269 e. The highest BCUT2D eigenvalue weighted by molar-refractivity contribution is 7.11. The zero-order valence-corrected chi connectivity index (χ0v) is 14.9. The second-order valence-corrected chi connectivity index (χ2v) is 6.32. The number of non-ortho nitro benzene ring substituents is 2. The van der Waals surface area contributed by atoms with Gasteiger partial charge < -0.3 is 5.32 Å². The Bertz CT molecular complexity index is 1100. The summed E-state index contributed by atoms with van der Waals surface area (Å²) in [4.78, 5) is 24.8. The summed E-state index contributed by atoms with van der Waals surface area (Å²) in [5, 5.41) is 35.9. The van der Waals surface area contributed by atoms with Gasteiger partial charge in [0.05, 0.1) is 15.5 Å². The van der Waals surface area contributed by atoms with Crippen LogP contribution in [-0.4, -0.2) is 14.8 Å². The molecule has 1 N–H and O–H groups in total. The van der Waals surface area contributed by atoms with Crippen LogP contribution in [-0.2, 0) is 0 Å². The van der Waals surface area contributed by atoms with Crippen LogP contribution in [0.2, 0.25) is 0 Å². The summed E-state index contributed by atoms with van der Waals surface area (Å²) in [7, 11) is 0. The van der Waals surface area contributed by atoms with Crippen LogP contribution in [0.3, 0.4) is 0 Å². The number of nitriles is 1. The Hall–Kier alpha value is -4.10. The number of nitrogens with one attached hydrogen (secondary N) is 1. The minimum absolute atomic E-state index is 0.0101. The van der Waals surface area contributed by atoms with Crippen LogP contribution in [0.25, 0.3) is 16.8 Å². The molecule has 0 bridgehead atoms. The Balaban J connectivity index is 1.78. The molecule has 9 nitrogen and oxygen atoms in total. The van der Waals surface area contributed by atoms with E-state index in [4.69, 9.17) is 0 Å². The fraction of sp³-hybridized carbons (Fsp3) is 0. The normalized spacial score (nSPS) is 10.9. The first kappa shape index (κ1) is 18.7. The zero-order chi connectivity index (χ0) is 20.1. The van der Waals surface area contributed by atoms with Gasteiger partial charge in [-0.1, -0.05) is 0 Å². The number of anilines is 1. The van der Waals surface area contributed by atoms with E-state index in [2.05, 4.69) is 16.4 Å². The van der Waals surface area contributed by atoms with E-state index in [0.29, 0.717) is 22.0 Å². The SMILES string of the molecule is N#CC(=CNc1ccc([N+](=O)[O-])cc1)c1nc(-c2ccc([N+](=O)[O-])cc2)cs1. The van der Waals surface area contributed by atoms with E-state index in [1.165, 1.54) is 53.9 Å². The van der Waals surface area contributed by atoms with Crippen LogP contribution in [0.1, 0.15) is 5.01 Å². The van der Waals surface area contributed by atoms with Crippen molar-refractivity contribution in [1.29, 1.82) is 5.26 Å². The first-order chi connectivity index (χ1) is 13.5. The number of aromatic nitrogens is 1. The number of rotatable bonds is 6. The molecule has 0 unspecified atom stereocenters. The molecule has 138 valence electrons. The lowest BCUT2D eigenvalue weighted by Crippen LogP contribution is -1.92. The van der Waals surface area contributed by atoms with Gasteiger partial charge in [0.2, 0.25) is 0 Å². The van der Waals surface area contributed by atoms with Crippen molar-refractivity contribution < 1.29 is 9.85 Å². The highest BCUT2D eigenvalue weighted by Gasteiger charge is 2.11. The summed E-state index contributed by atoms with van der Waals surface area (Å²) in [6.07, 6.45) is 1.47. The Morgan fingerprint density at radius 1 is 1.04 bits per heavy atom. The maximum absolute atomic E-state index is 10.7. The number of thiazole rings is 1. The van der Waals surface area contributed by atoms with Crippen molar-refractivity contribution >= 4 is 34.0 Å². The molecule has 10 heteroatoms. The first-order valence-electron chi connectivity index (χ1n) is 7.80. The Labute approximate surface area is 162 Å². The van der Waals surface area contributed by atoms with Crippen LogP contribution in [0, 0.1) is 31.6 Å². The number of hydrogen-bond acceptors (Lipinski definition) is 8. The Morgan fingerprint density at radius 3 is 2.14 bits per heavy atom. The van der Waals surface area contributed by atoms with Crippen molar-refractivity contribution in [3.8, 4) is 17.3 Å². The second-order valence-electron chi connectivity index (χ2n) is 5.46. The molecule has 0 saturated carbocycles. The molecule has 28 heavy (non-hydrogen) atoms. The van der Waals surface area contributed by atoms with Gasteiger partial charge in [0.25, 0.3) is 11.4 Å². The predicted molar refractivity (Wildman–Crippen MR) is 105 cm³/mol. The molecule has 1 heterocycles. The van der Waals surface area contributed by atoms with E-state index in [1.807, 2.05) is 0 Å². The van der Waals surface area contributed by atoms with Crippen molar-refractivity contribution in [1.82, 2.24) is 4.98 Å². The van der Waals surface area contributed by atoms with Gasteiger partial charge >= 0.3 is 0 Å². The van der Waals surface area contributed by atoms with E-state index >= 15 is 0 Å². The maximum Gasteiger partial charge on any atom is 0.269 e. The standard InChI is InChI=1S/C18H11N5O4S/c19-9-13(10-20-14-3-7-16(8-4-14)23(26)27)18-21-17(11-28-18)12-1-5-15(6-2-12)22(24)25/h1-8,10-11,20H. The highest BCUT2D eigenvalue weighted by atomic mass is 32.1. The molecular weight excluding hydrogens is 382 g/mol. The molecule has 3 aromatic rings. The van der Waals surface area contributed by atoms with Crippen LogP contribution >= 0.6 is 11.3 Å². The van der Waals surface area contributed by atoms with Gasteiger partial charge in [0, 0.05) is 47.1 Å². The van der Waals surface area contributed by atoms with E-state index in [9.17, 15) is 25.5 Å². The zero-order valence-electron chi connectivity index (χ0n) is 14.1. The summed E-state index contributed by atoms with van der Waals surface area (Å²) in [6, 6.07) is 13.8. The van der Waals surface area contributed by atoms with E-state index < -0.39 is 9.85 Å². The molecular formula is C18H11N5O4S. The van der Waals surface area contributed by atoms with E-state index in [1.54, 1.807) is 17.5 Å². The first-order valence-corrected chi connectivity index (χ1v) is 8.68. The van der Waals surface area contributed by atoms with Crippen LogP contribution in [0.4, 0.5) is 17.1 Å². The van der Waals surface area contributed by atoms with Crippen LogP contribution < -0.4 is 5.32 Å². The van der Waals surface area contributed by atoms with E-state index in [-0.39, 0.29) is 16.9 Å². The highest BCUT2D eigenvalue weighted by Crippen LogP contribution is 2.27. The van der Waals surface area contributed by atoms with Gasteiger partial charge in [-0.25, -0.2) is 4.98 Å². The van der Waals surface area contributed by atoms with Gasteiger partial charge in [0.1, 0.15) is 16.6 Å². The van der Waals surface area contributed by atoms with Gasteiger partial charge in [0.15, 0.2) is 0 Å². The minimum atomic E-state index is -0.490. The third kappa shape index (κ3) is 4.17. The van der Waals surface area contributed by atoms with Crippen LogP contribution in [0.15, 0.2) is 60.1 Å². The molecule has 0 saturated heterocycles. The largest absolute Gasteiger partial charge is 0.360 e. The van der Waals surface area contributed by atoms with Gasteiger partial charge in [-0.2, -0.15) is 5.26 Å².